The SMILES string of the molecule is N/N=C(\N)c1cccc(F)c1F. The number of amidine groups is 1. The number of halogens is 2. The van der Waals surface area contributed by atoms with Gasteiger partial charge in [-0.2, -0.15) is 5.10 Å². The van der Waals surface area contributed by atoms with Crippen LogP contribution < -0.4 is 11.6 Å². The van der Waals surface area contributed by atoms with Crippen molar-refractivity contribution < 1.29 is 8.78 Å². The molecular formula is C7H7F2N3. The van der Waals surface area contributed by atoms with E-state index in [0.717, 1.165) is 6.07 Å². The Morgan fingerprint density at radius 1 is 1.33 bits per heavy atom. The van der Waals surface area contributed by atoms with Crippen molar-refractivity contribution in [2.75, 3.05) is 0 Å². The fourth-order valence-corrected chi connectivity index (χ4v) is 0.771. The summed E-state index contributed by atoms with van der Waals surface area (Å²) in [5.41, 5.74) is 5.06. The maximum atomic E-state index is 12.8. The predicted octanol–water partition coefficient (Wildman–Crippen LogP) is 0.544. The topological polar surface area (TPSA) is 64.4 Å². The monoisotopic (exact) mass is 171 g/mol. The molecule has 5 heteroatoms. The Kier molecular flexibility index (Phi) is 2.23. The molecule has 0 spiro atoms. The van der Waals surface area contributed by atoms with Gasteiger partial charge in [0.05, 0.1) is 5.56 Å². The molecule has 0 bridgehead atoms. The predicted molar refractivity (Wildman–Crippen MR) is 41.3 cm³/mol. The van der Waals surface area contributed by atoms with Gasteiger partial charge in [0.1, 0.15) is 0 Å². The van der Waals surface area contributed by atoms with Crippen LogP contribution in [0, 0.1) is 11.6 Å². The average Bonchev–Trinajstić information content (AvgIpc) is 2.08. The van der Waals surface area contributed by atoms with Crippen molar-refractivity contribution in [1.82, 2.24) is 0 Å². The molecule has 0 aliphatic heterocycles. The number of nitrogens with zero attached hydrogens (tertiary/aromatic N) is 1. The summed E-state index contributed by atoms with van der Waals surface area (Å²) in [7, 11) is 0. The van der Waals surface area contributed by atoms with E-state index in [4.69, 9.17) is 11.6 Å². The van der Waals surface area contributed by atoms with E-state index >= 15 is 0 Å². The fraction of sp³-hybridized carbons (Fsp3) is 0. The van der Waals surface area contributed by atoms with Crippen molar-refractivity contribution in [1.29, 1.82) is 0 Å². The summed E-state index contributed by atoms with van der Waals surface area (Å²) in [5.74, 6) is 2.56. The molecule has 0 radical (unpaired) electrons. The third-order valence-electron chi connectivity index (χ3n) is 1.37. The Balaban J connectivity index is 3.26. The summed E-state index contributed by atoms with van der Waals surface area (Å²) in [6, 6.07) is 3.61. The zero-order valence-corrected chi connectivity index (χ0v) is 6.09. The molecule has 0 unspecified atom stereocenters. The van der Waals surface area contributed by atoms with E-state index in [-0.39, 0.29) is 11.4 Å². The van der Waals surface area contributed by atoms with E-state index in [1.807, 2.05) is 0 Å². The quantitative estimate of drug-likeness (QED) is 0.280. The zero-order valence-electron chi connectivity index (χ0n) is 6.09. The second-order valence-corrected chi connectivity index (χ2v) is 2.12. The van der Waals surface area contributed by atoms with Crippen LogP contribution in [0.2, 0.25) is 0 Å². The van der Waals surface area contributed by atoms with E-state index in [2.05, 4.69) is 5.10 Å². The summed E-state index contributed by atoms with van der Waals surface area (Å²) in [4.78, 5) is 0. The Bertz CT molecular complexity index is 322. The molecule has 1 aromatic carbocycles. The maximum absolute atomic E-state index is 12.8. The van der Waals surface area contributed by atoms with Crippen molar-refractivity contribution in [2.24, 2.45) is 16.7 Å². The normalized spacial score (nSPS) is 11.7. The molecular weight excluding hydrogens is 164 g/mol. The first-order valence-corrected chi connectivity index (χ1v) is 3.14. The molecule has 0 atom stereocenters. The van der Waals surface area contributed by atoms with Gasteiger partial charge in [0.25, 0.3) is 0 Å². The molecule has 0 saturated carbocycles. The standard InChI is InChI=1S/C7H7F2N3/c8-5-3-1-2-4(6(5)9)7(10)12-11/h1-3H,11H2,(H2,10,12). The van der Waals surface area contributed by atoms with Gasteiger partial charge in [0.15, 0.2) is 17.5 Å². The van der Waals surface area contributed by atoms with Crippen LogP contribution in [0.3, 0.4) is 0 Å². The lowest BCUT2D eigenvalue weighted by atomic mass is 10.2. The third-order valence-corrected chi connectivity index (χ3v) is 1.37. The van der Waals surface area contributed by atoms with Gasteiger partial charge in [-0.25, -0.2) is 8.78 Å². The van der Waals surface area contributed by atoms with Gasteiger partial charge in [0.2, 0.25) is 0 Å². The molecule has 12 heavy (non-hydrogen) atoms. The molecule has 4 N–H and O–H groups in total. The second kappa shape index (κ2) is 3.17. The highest BCUT2D eigenvalue weighted by atomic mass is 19.2. The second-order valence-electron chi connectivity index (χ2n) is 2.12. The largest absolute Gasteiger partial charge is 0.382 e. The minimum absolute atomic E-state index is 0.127. The number of hydrogen-bond donors (Lipinski definition) is 2. The van der Waals surface area contributed by atoms with Gasteiger partial charge in [-0.1, -0.05) is 6.07 Å². The first kappa shape index (κ1) is 8.45. The van der Waals surface area contributed by atoms with Crippen molar-refractivity contribution in [2.45, 2.75) is 0 Å². The summed E-state index contributed by atoms with van der Waals surface area (Å²) in [5, 5.41) is 3.05. The average molecular weight is 171 g/mol. The van der Waals surface area contributed by atoms with Crippen LogP contribution in [0.5, 0.6) is 0 Å². The highest BCUT2D eigenvalue weighted by Crippen LogP contribution is 2.10. The molecule has 0 amide bonds. The van der Waals surface area contributed by atoms with Gasteiger partial charge in [-0.15, -0.1) is 0 Å². The Morgan fingerprint density at radius 2 is 2.00 bits per heavy atom. The molecule has 0 aliphatic rings. The molecule has 0 heterocycles. The number of benzene rings is 1. The minimum Gasteiger partial charge on any atom is -0.382 e. The Labute approximate surface area is 67.7 Å². The summed E-state index contributed by atoms with van der Waals surface area (Å²) >= 11 is 0. The summed E-state index contributed by atoms with van der Waals surface area (Å²) in [6.07, 6.45) is 0. The molecule has 0 aromatic heterocycles. The van der Waals surface area contributed by atoms with Crippen molar-refractivity contribution in [3.8, 4) is 0 Å². The molecule has 0 fully saturated rings. The maximum Gasteiger partial charge on any atom is 0.169 e. The van der Waals surface area contributed by atoms with Gasteiger partial charge < -0.3 is 11.6 Å². The van der Waals surface area contributed by atoms with Gasteiger partial charge in [-0.3, -0.25) is 0 Å². The molecule has 64 valence electrons. The molecule has 1 rings (SSSR count). The zero-order chi connectivity index (χ0) is 9.14. The van der Waals surface area contributed by atoms with Gasteiger partial charge in [0, 0.05) is 0 Å². The lowest BCUT2D eigenvalue weighted by Gasteiger charge is -2.00. The van der Waals surface area contributed by atoms with Crippen molar-refractivity contribution in [3.63, 3.8) is 0 Å². The summed E-state index contributed by atoms with van der Waals surface area (Å²) < 4.78 is 25.4. The lowest BCUT2D eigenvalue weighted by Crippen LogP contribution is -2.17. The Hall–Kier alpha value is -1.65. The van der Waals surface area contributed by atoms with Crippen molar-refractivity contribution in [3.05, 3.63) is 35.4 Å². The highest BCUT2D eigenvalue weighted by molar-refractivity contribution is 5.97. The molecule has 0 saturated heterocycles. The van der Waals surface area contributed by atoms with Gasteiger partial charge >= 0.3 is 0 Å². The number of rotatable bonds is 1. The van der Waals surface area contributed by atoms with Crippen LogP contribution in [0.15, 0.2) is 23.3 Å². The van der Waals surface area contributed by atoms with Gasteiger partial charge in [-0.05, 0) is 12.1 Å². The molecule has 1 aromatic rings. The van der Waals surface area contributed by atoms with E-state index in [9.17, 15) is 8.78 Å². The fourth-order valence-electron chi connectivity index (χ4n) is 0.771. The van der Waals surface area contributed by atoms with E-state index < -0.39 is 11.6 Å². The van der Waals surface area contributed by atoms with E-state index in [1.165, 1.54) is 12.1 Å². The van der Waals surface area contributed by atoms with E-state index in [0.29, 0.717) is 0 Å². The first-order valence-electron chi connectivity index (χ1n) is 3.14. The van der Waals surface area contributed by atoms with Crippen molar-refractivity contribution >= 4 is 5.84 Å². The minimum atomic E-state index is -1.04. The van der Waals surface area contributed by atoms with Crippen LogP contribution in [-0.4, -0.2) is 5.84 Å². The third kappa shape index (κ3) is 1.34. The first-order chi connectivity index (χ1) is 5.66. The molecule has 0 aliphatic carbocycles. The van der Waals surface area contributed by atoms with Crippen LogP contribution in [0.25, 0.3) is 0 Å². The van der Waals surface area contributed by atoms with Crippen LogP contribution in [-0.2, 0) is 0 Å². The number of nitrogens with two attached hydrogens (primary N) is 2. The van der Waals surface area contributed by atoms with Crippen LogP contribution in [0.1, 0.15) is 5.56 Å². The number of hydrazone groups is 1. The molecule has 3 nitrogen and oxygen atoms in total. The summed E-state index contributed by atoms with van der Waals surface area (Å²) in [6.45, 7) is 0. The lowest BCUT2D eigenvalue weighted by molar-refractivity contribution is 0.507. The Morgan fingerprint density at radius 3 is 2.58 bits per heavy atom. The number of hydrogen-bond acceptors (Lipinski definition) is 2. The van der Waals surface area contributed by atoms with E-state index in [1.54, 1.807) is 0 Å². The van der Waals surface area contributed by atoms with Crippen LogP contribution in [0.4, 0.5) is 8.78 Å². The van der Waals surface area contributed by atoms with Crippen LogP contribution >= 0.6 is 0 Å². The highest BCUT2D eigenvalue weighted by Gasteiger charge is 2.09. The smallest absolute Gasteiger partial charge is 0.169 e.